The summed E-state index contributed by atoms with van der Waals surface area (Å²) in [5, 5.41) is 1.88. The molecule has 154 valence electrons. The van der Waals surface area contributed by atoms with Gasteiger partial charge >= 0.3 is 0 Å². The van der Waals surface area contributed by atoms with Crippen molar-refractivity contribution in [2.75, 3.05) is 23.7 Å². The average Bonchev–Trinajstić information content (AvgIpc) is 3.19. The molecule has 1 heterocycles. The van der Waals surface area contributed by atoms with Crippen LogP contribution in [-0.4, -0.2) is 36.0 Å². The van der Waals surface area contributed by atoms with Gasteiger partial charge in [0.15, 0.2) is 16.6 Å². The maximum Gasteiger partial charge on any atom is 0.263 e. The fraction of sp³-hybridized carbons (Fsp3) is 0.118. The van der Waals surface area contributed by atoms with Gasteiger partial charge in [0.05, 0.1) is 24.0 Å². The molecule has 12 heteroatoms. The Morgan fingerprint density at radius 2 is 1.45 bits per heavy atom. The van der Waals surface area contributed by atoms with Crippen LogP contribution in [0.1, 0.15) is 0 Å². The van der Waals surface area contributed by atoms with Crippen LogP contribution in [0.4, 0.5) is 10.8 Å². The Morgan fingerprint density at radius 3 is 2.03 bits per heavy atom. The van der Waals surface area contributed by atoms with Crippen LogP contribution in [0, 0.1) is 0 Å². The number of aromatic nitrogens is 1. The topological polar surface area (TPSA) is 124 Å². The highest BCUT2D eigenvalue weighted by Gasteiger charge is 2.19. The van der Waals surface area contributed by atoms with Crippen molar-refractivity contribution in [1.29, 1.82) is 0 Å². The largest absolute Gasteiger partial charge is 0.493 e. The number of hydrogen-bond acceptors (Lipinski definition) is 8. The van der Waals surface area contributed by atoms with E-state index in [1.165, 1.54) is 62.9 Å². The van der Waals surface area contributed by atoms with E-state index in [-0.39, 0.29) is 26.4 Å². The molecule has 0 aliphatic rings. The number of anilines is 2. The van der Waals surface area contributed by atoms with Gasteiger partial charge in [0.2, 0.25) is 0 Å². The molecule has 0 bridgehead atoms. The van der Waals surface area contributed by atoms with E-state index in [0.29, 0.717) is 5.75 Å². The first-order valence-electron chi connectivity index (χ1n) is 8.02. The number of nitrogens with one attached hydrogen (secondary N) is 2. The molecule has 2 N–H and O–H groups in total. The molecule has 2 aromatic carbocycles. The van der Waals surface area contributed by atoms with Crippen LogP contribution in [0.2, 0.25) is 0 Å². The first kappa shape index (κ1) is 20.9. The number of hydrogen-bond donors (Lipinski definition) is 2. The summed E-state index contributed by atoms with van der Waals surface area (Å²) in [4.78, 5) is 3.81. The predicted molar refractivity (Wildman–Crippen MR) is 110 cm³/mol. The van der Waals surface area contributed by atoms with Crippen LogP contribution >= 0.6 is 11.3 Å². The second-order valence-electron chi connectivity index (χ2n) is 5.59. The van der Waals surface area contributed by atoms with Crippen molar-refractivity contribution in [3.8, 4) is 11.5 Å². The summed E-state index contributed by atoms with van der Waals surface area (Å²) < 4.78 is 64.9. The van der Waals surface area contributed by atoms with Gasteiger partial charge in [0.1, 0.15) is 0 Å². The third-order valence-corrected chi connectivity index (χ3v) is 7.29. The Hall–Kier alpha value is -2.83. The quantitative estimate of drug-likeness (QED) is 0.535. The minimum absolute atomic E-state index is 0.0261. The van der Waals surface area contributed by atoms with Crippen LogP contribution in [0.25, 0.3) is 0 Å². The first-order chi connectivity index (χ1) is 13.7. The van der Waals surface area contributed by atoms with E-state index in [1.54, 1.807) is 5.38 Å². The maximum atomic E-state index is 12.6. The lowest BCUT2D eigenvalue weighted by Gasteiger charge is -2.12. The monoisotopic (exact) mass is 455 g/mol. The number of rotatable bonds is 8. The van der Waals surface area contributed by atoms with E-state index in [0.717, 1.165) is 11.3 Å². The summed E-state index contributed by atoms with van der Waals surface area (Å²) in [6.45, 7) is 0. The highest BCUT2D eigenvalue weighted by Crippen LogP contribution is 2.30. The van der Waals surface area contributed by atoms with Crippen molar-refractivity contribution >= 4 is 42.2 Å². The molecule has 0 atom stereocenters. The van der Waals surface area contributed by atoms with Gasteiger partial charge in [-0.2, -0.15) is 0 Å². The first-order valence-corrected chi connectivity index (χ1v) is 11.9. The molecular formula is C17H17N3O6S3. The Bertz CT molecular complexity index is 1190. The summed E-state index contributed by atoms with van der Waals surface area (Å²) in [5.41, 5.74) is 0.202. The van der Waals surface area contributed by atoms with E-state index in [1.807, 2.05) is 0 Å². The van der Waals surface area contributed by atoms with Crippen LogP contribution in [0.5, 0.6) is 11.5 Å². The van der Waals surface area contributed by atoms with Gasteiger partial charge < -0.3 is 9.47 Å². The third kappa shape index (κ3) is 4.78. The summed E-state index contributed by atoms with van der Waals surface area (Å²) in [7, 11) is -4.89. The molecular weight excluding hydrogens is 438 g/mol. The van der Waals surface area contributed by atoms with Crippen LogP contribution < -0.4 is 18.9 Å². The Kier molecular flexibility index (Phi) is 5.96. The summed E-state index contributed by atoms with van der Waals surface area (Å²) in [6, 6.07) is 9.49. The fourth-order valence-electron chi connectivity index (χ4n) is 2.35. The Labute approximate surface area is 172 Å². The Morgan fingerprint density at radius 1 is 0.828 bits per heavy atom. The van der Waals surface area contributed by atoms with E-state index < -0.39 is 20.0 Å². The molecule has 0 aliphatic heterocycles. The molecule has 0 saturated carbocycles. The maximum absolute atomic E-state index is 12.6. The highest BCUT2D eigenvalue weighted by atomic mass is 32.2. The molecule has 3 aromatic rings. The smallest absolute Gasteiger partial charge is 0.263 e. The van der Waals surface area contributed by atoms with Crippen molar-refractivity contribution in [2.45, 2.75) is 9.79 Å². The van der Waals surface area contributed by atoms with Crippen molar-refractivity contribution in [3.63, 3.8) is 0 Å². The van der Waals surface area contributed by atoms with Gasteiger partial charge in [-0.1, -0.05) is 0 Å². The Balaban J connectivity index is 1.80. The highest BCUT2D eigenvalue weighted by molar-refractivity contribution is 7.93. The second-order valence-corrected chi connectivity index (χ2v) is 9.85. The molecule has 29 heavy (non-hydrogen) atoms. The SMILES string of the molecule is COc1ccc(S(=O)(=O)Nc2ccc(S(=O)(=O)Nc3nccs3)cc2)cc1OC. The number of benzene rings is 2. The van der Waals surface area contributed by atoms with Gasteiger partial charge in [-0.25, -0.2) is 21.8 Å². The molecule has 0 amide bonds. The van der Waals surface area contributed by atoms with Gasteiger partial charge in [-0.3, -0.25) is 9.44 Å². The average molecular weight is 456 g/mol. The molecule has 9 nitrogen and oxygen atoms in total. The number of ether oxygens (including phenoxy) is 2. The normalized spacial score (nSPS) is 11.7. The zero-order valence-electron chi connectivity index (χ0n) is 15.3. The van der Waals surface area contributed by atoms with E-state index >= 15 is 0 Å². The van der Waals surface area contributed by atoms with Gasteiger partial charge in [0, 0.05) is 23.3 Å². The minimum Gasteiger partial charge on any atom is -0.493 e. The molecule has 3 rings (SSSR count). The van der Waals surface area contributed by atoms with Gasteiger partial charge in [0.25, 0.3) is 20.0 Å². The fourth-order valence-corrected chi connectivity index (χ4v) is 5.21. The minimum atomic E-state index is -3.92. The van der Waals surface area contributed by atoms with Crippen molar-refractivity contribution < 1.29 is 26.3 Å². The van der Waals surface area contributed by atoms with Crippen LogP contribution in [0.15, 0.2) is 63.8 Å². The zero-order chi connectivity index (χ0) is 21.1. The van der Waals surface area contributed by atoms with E-state index in [9.17, 15) is 16.8 Å². The molecule has 0 fully saturated rings. The molecule has 0 saturated heterocycles. The van der Waals surface area contributed by atoms with Crippen molar-refractivity contribution in [3.05, 3.63) is 54.0 Å². The van der Waals surface area contributed by atoms with Gasteiger partial charge in [-0.15, -0.1) is 11.3 Å². The molecule has 0 spiro atoms. The number of methoxy groups -OCH3 is 2. The number of sulfonamides is 2. The van der Waals surface area contributed by atoms with E-state index in [2.05, 4.69) is 14.4 Å². The van der Waals surface area contributed by atoms with Crippen LogP contribution in [0.3, 0.4) is 0 Å². The zero-order valence-corrected chi connectivity index (χ0v) is 17.8. The van der Waals surface area contributed by atoms with Crippen molar-refractivity contribution in [1.82, 2.24) is 4.98 Å². The lowest BCUT2D eigenvalue weighted by Crippen LogP contribution is -2.14. The lowest BCUT2D eigenvalue weighted by molar-refractivity contribution is 0.354. The summed E-state index contributed by atoms with van der Waals surface area (Å²) in [6.07, 6.45) is 1.48. The van der Waals surface area contributed by atoms with Gasteiger partial charge in [-0.05, 0) is 36.4 Å². The lowest BCUT2D eigenvalue weighted by atomic mass is 10.3. The van der Waals surface area contributed by atoms with Crippen molar-refractivity contribution in [2.24, 2.45) is 0 Å². The molecule has 0 unspecified atom stereocenters. The van der Waals surface area contributed by atoms with E-state index in [4.69, 9.17) is 9.47 Å². The molecule has 1 aromatic heterocycles. The molecule has 0 radical (unpaired) electrons. The standard InChI is InChI=1S/C17H17N3O6S3/c1-25-15-8-7-14(11-16(15)26-2)29(23,24)19-12-3-5-13(6-4-12)28(21,22)20-17-18-9-10-27-17/h3-11,19H,1-2H3,(H,18,20). The summed E-state index contributed by atoms with van der Waals surface area (Å²) in [5.74, 6) is 0.666. The summed E-state index contributed by atoms with van der Waals surface area (Å²) >= 11 is 1.15. The second kappa shape index (κ2) is 8.27. The predicted octanol–water partition coefficient (Wildman–Crippen LogP) is 2.76. The molecule has 0 aliphatic carbocycles. The number of thiazole rings is 1. The van der Waals surface area contributed by atoms with Crippen LogP contribution in [-0.2, 0) is 20.0 Å². The number of nitrogens with zero attached hydrogens (tertiary/aromatic N) is 1. The third-order valence-electron chi connectivity index (χ3n) is 3.74.